The second-order valence-corrected chi connectivity index (χ2v) is 6.80. The summed E-state index contributed by atoms with van der Waals surface area (Å²) in [6.45, 7) is 5.17. The van der Waals surface area contributed by atoms with Gasteiger partial charge < -0.3 is 10.4 Å². The van der Waals surface area contributed by atoms with Crippen molar-refractivity contribution in [3.63, 3.8) is 0 Å². The molecule has 3 heterocycles. The molecular weight excluding hydrogens is 276 g/mol. The number of nitrogens with zero attached hydrogens (tertiary/aromatic N) is 3. The number of aromatic nitrogens is 1. The average molecular weight is 304 g/mol. The van der Waals surface area contributed by atoms with E-state index in [1.165, 1.54) is 18.4 Å². The lowest BCUT2D eigenvalue weighted by atomic mass is 10.0. The molecule has 2 N–H and O–H groups in total. The molecule has 0 aliphatic carbocycles. The fourth-order valence-electron chi connectivity index (χ4n) is 3.63. The van der Waals surface area contributed by atoms with Crippen LogP contribution in [0.15, 0.2) is 24.5 Å². The van der Waals surface area contributed by atoms with Crippen molar-refractivity contribution in [2.24, 2.45) is 0 Å². The minimum absolute atomic E-state index is 0.140. The van der Waals surface area contributed by atoms with Crippen LogP contribution in [-0.2, 0) is 6.54 Å². The van der Waals surface area contributed by atoms with E-state index < -0.39 is 0 Å². The molecule has 2 aliphatic heterocycles. The molecule has 0 amide bonds. The first-order valence-corrected chi connectivity index (χ1v) is 8.43. The maximum Gasteiger partial charge on any atom is 0.0682 e. The number of pyridine rings is 1. The molecule has 1 aromatic rings. The standard InChI is InChI=1S/C17H28N4O/c1-20-13-17(22)10-16(20)11-19-15-4-8-21(9-5-15)12-14-2-6-18-7-3-14/h2-3,6-7,15-17,19,22H,4-5,8-13H2,1H3/t16-,17+/m0/s1. The SMILES string of the molecule is CN1C[C@H](O)C[C@H]1CNC1CCN(Cc2ccncc2)CC1. The smallest absolute Gasteiger partial charge is 0.0682 e. The summed E-state index contributed by atoms with van der Waals surface area (Å²) < 4.78 is 0. The Morgan fingerprint density at radius 2 is 2.00 bits per heavy atom. The van der Waals surface area contributed by atoms with E-state index in [0.29, 0.717) is 12.1 Å². The highest BCUT2D eigenvalue weighted by atomic mass is 16.3. The molecule has 1 aromatic heterocycles. The van der Waals surface area contributed by atoms with Gasteiger partial charge in [0, 0.05) is 44.1 Å². The topological polar surface area (TPSA) is 51.6 Å². The Kier molecular flexibility index (Phi) is 5.41. The Labute approximate surface area is 133 Å². The molecule has 2 aliphatic rings. The number of hydrogen-bond donors (Lipinski definition) is 2. The van der Waals surface area contributed by atoms with Crippen LogP contribution in [-0.4, -0.2) is 71.3 Å². The predicted octanol–water partition coefficient (Wildman–Crippen LogP) is 0.701. The van der Waals surface area contributed by atoms with E-state index in [9.17, 15) is 5.11 Å². The van der Waals surface area contributed by atoms with E-state index in [0.717, 1.165) is 39.1 Å². The van der Waals surface area contributed by atoms with Gasteiger partial charge in [-0.3, -0.25) is 14.8 Å². The maximum atomic E-state index is 9.70. The molecule has 0 unspecified atom stereocenters. The van der Waals surface area contributed by atoms with Crippen molar-refractivity contribution in [3.8, 4) is 0 Å². The first kappa shape index (κ1) is 15.9. The number of hydrogen-bond acceptors (Lipinski definition) is 5. The summed E-state index contributed by atoms with van der Waals surface area (Å²) in [6.07, 6.45) is 6.93. The van der Waals surface area contributed by atoms with Crippen LogP contribution in [0.3, 0.4) is 0 Å². The largest absolute Gasteiger partial charge is 0.392 e. The summed E-state index contributed by atoms with van der Waals surface area (Å²) in [5.74, 6) is 0. The van der Waals surface area contributed by atoms with Gasteiger partial charge in [0.05, 0.1) is 6.10 Å². The predicted molar refractivity (Wildman–Crippen MR) is 87.6 cm³/mol. The molecule has 0 radical (unpaired) electrons. The van der Waals surface area contributed by atoms with Gasteiger partial charge in [0.25, 0.3) is 0 Å². The van der Waals surface area contributed by atoms with Crippen LogP contribution >= 0.6 is 0 Å². The van der Waals surface area contributed by atoms with Crippen molar-refractivity contribution in [2.75, 3.05) is 33.2 Å². The lowest BCUT2D eigenvalue weighted by molar-refractivity contribution is 0.182. The van der Waals surface area contributed by atoms with E-state index in [2.05, 4.69) is 39.3 Å². The summed E-state index contributed by atoms with van der Waals surface area (Å²) in [5, 5.41) is 13.4. The average Bonchev–Trinajstić information content (AvgIpc) is 2.85. The zero-order chi connectivity index (χ0) is 15.4. The number of β-amino-alcohol motifs (C(OH)–C–C–N with tert-alkyl or cyclic N) is 1. The van der Waals surface area contributed by atoms with Crippen molar-refractivity contribution in [2.45, 2.75) is 44.0 Å². The highest BCUT2D eigenvalue weighted by molar-refractivity contribution is 5.09. The normalized spacial score (nSPS) is 28.3. The van der Waals surface area contributed by atoms with Gasteiger partial charge in [-0.2, -0.15) is 0 Å². The monoisotopic (exact) mass is 304 g/mol. The van der Waals surface area contributed by atoms with Gasteiger partial charge in [-0.1, -0.05) is 0 Å². The first-order valence-electron chi connectivity index (χ1n) is 8.43. The molecule has 5 nitrogen and oxygen atoms in total. The molecular formula is C17H28N4O. The van der Waals surface area contributed by atoms with Gasteiger partial charge in [-0.25, -0.2) is 0 Å². The third-order valence-electron chi connectivity index (χ3n) is 5.05. The Balaban J connectivity index is 1.37. The molecule has 5 heteroatoms. The number of aliphatic hydroxyl groups is 1. The summed E-state index contributed by atoms with van der Waals surface area (Å²) in [7, 11) is 2.11. The van der Waals surface area contributed by atoms with E-state index in [4.69, 9.17) is 0 Å². The highest BCUT2D eigenvalue weighted by Crippen LogP contribution is 2.17. The molecule has 0 aromatic carbocycles. The van der Waals surface area contributed by atoms with Gasteiger partial charge in [-0.05, 0) is 57.1 Å². The molecule has 2 fully saturated rings. The number of nitrogens with one attached hydrogen (secondary N) is 1. The Hall–Kier alpha value is -1.01. The molecule has 2 saturated heterocycles. The number of rotatable bonds is 5. The van der Waals surface area contributed by atoms with Crippen molar-refractivity contribution in [1.82, 2.24) is 20.1 Å². The number of likely N-dealkylation sites (N-methyl/N-ethyl adjacent to an activating group) is 1. The second kappa shape index (κ2) is 7.51. The lowest BCUT2D eigenvalue weighted by Gasteiger charge is -2.33. The van der Waals surface area contributed by atoms with Crippen molar-refractivity contribution < 1.29 is 5.11 Å². The van der Waals surface area contributed by atoms with Gasteiger partial charge in [0.2, 0.25) is 0 Å². The Morgan fingerprint density at radius 1 is 1.27 bits per heavy atom. The second-order valence-electron chi connectivity index (χ2n) is 6.80. The van der Waals surface area contributed by atoms with Gasteiger partial charge in [-0.15, -0.1) is 0 Å². The van der Waals surface area contributed by atoms with E-state index in [-0.39, 0.29) is 6.10 Å². The van der Waals surface area contributed by atoms with E-state index in [1.54, 1.807) is 0 Å². The zero-order valence-corrected chi connectivity index (χ0v) is 13.5. The van der Waals surface area contributed by atoms with Gasteiger partial charge >= 0.3 is 0 Å². The van der Waals surface area contributed by atoms with E-state index >= 15 is 0 Å². The minimum Gasteiger partial charge on any atom is -0.392 e. The van der Waals surface area contributed by atoms with Crippen LogP contribution in [0.2, 0.25) is 0 Å². The molecule has 22 heavy (non-hydrogen) atoms. The number of aliphatic hydroxyl groups excluding tert-OH is 1. The van der Waals surface area contributed by atoms with Crippen LogP contribution in [0, 0.1) is 0 Å². The van der Waals surface area contributed by atoms with Crippen LogP contribution in [0.4, 0.5) is 0 Å². The summed E-state index contributed by atoms with van der Waals surface area (Å²) in [4.78, 5) is 8.87. The summed E-state index contributed by atoms with van der Waals surface area (Å²) in [5.41, 5.74) is 1.35. The quantitative estimate of drug-likeness (QED) is 0.839. The van der Waals surface area contributed by atoms with Gasteiger partial charge in [0.15, 0.2) is 0 Å². The Bertz CT molecular complexity index is 447. The molecule has 0 bridgehead atoms. The van der Waals surface area contributed by atoms with Crippen molar-refractivity contribution >= 4 is 0 Å². The van der Waals surface area contributed by atoms with Gasteiger partial charge in [0.1, 0.15) is 0 Å². The molecule has 2 atom stereocenters. The third kappa shape index (κ3) is 4.26. The molecule has 0 saturated carbocycles. The lowest BCUT2D eigenvalue weighted by Crippen LogP contribution is -2.46. The fourth-order valence-corrected chi connectivity index (χ4v) is 3.63. The highest BCUT2D eigenvalue weighted by Gasteiger charge is 2.28. The maximum absolute atomic E-state index is 9.70. The van der Waals surface area contributed by atoms with Crippen LogP contribution in [0.25, 0.3) is 0 Å². The molecule has 122 valence electrons. The van der Waals surface area contributed by atoms with Crippen molar-refractivity contribution in [3.05, 3.63) is 30.1 Å². The zero-order valence-electron chi connectivity index (χ0n) is 13.5. The van der Waals surface area contributed by atoms with Crippen LogP contribution < -0.4 is 5.32 Å². The summed E-state index contributed by atoms with van der Waals surface area (Å²) in [6, 6.07) is 5.32. The number of likely N-dealkylation sites (tertiary alicyclic amines) is 2. The third-order valence-corrected chi connectivity index (χ3v) is 5.05. The molecule has 0 spiro atoms. The summed E-state index contributed by atoms with van der Waals surface area (Å²) >= 11 is 0. The number of piperidine rings is 1. The first-order chi connectivity index (χ1) is 10.7. The van der Waals surface area contributed by atoms with Crippen molar-refractivity contribution in [1.29, 1.82) is 0 Å². The van der Waals surface area contributed by atoms with E-state index in [1.807, 2.05) is 12.4 Å². The molecule has 3 rings (SSSR count). The fraction of sp³-hybridized carbons (Fsp3) is 0.706. The van der Waals surface area contributed by atoms with Crippen LogP contribution in [0.5, 0.6) is 0 Å². The Morgan fingerprint density at radius 3 is 2.64 bits per heavy atom. The van der Waals surface area contributed by atoms with Crippen LogP contribution in [0.1, 0.15) is 24.8 Å². The minimum atomic E-state index is -0.140.